The molecule has 1 aromatic rings. The molecule has 1 fully saturated rings. The SMILES string of the molecule is CNC(=O)C1CN(C(=O)CCc2cccs2)CCO1. The summed E-state index contributed by atoms with van der Waals surface area (Å²) in [6.45, 7) is 1.34. The minimum absolute atomic E-state index is 0.0885. The first kappa shape index (κ1) is 14.0. The van der Waals surface area contributed by atoms with Gasteiger partial charge in [-0.15, -0.1) is 11.3 Å². The number of hydrogen-bond acceptors (Lipinski definition) is 4. The summed E-state index contributed by atoms with van der Waals surface area (Å²) in [4.78, 5) is 26.5. The van der Waals surface area contributed by atoms with Crippen molar-refractivity contribution in [3.63, 3.8) is 0 Å². The molecule has 2 amide bonds. The van der Waals surface area contributed by atoms with Crippen molar-refractivity contribution in [3.05, 3.63) is 22.4 Å². The molecule has 2 rings (SSSR count). The maximum absolute atomic E-state index is 12.1. The van der Waals surface area contributed by atoms with E-state index in [0.717, 1.165) is 6.42 Å². The molecular weight excluding hydrogens is 264 g/mol. The maximum atomic E-state index is 12.1. The molecule has 1 N–H and O–H groups in total. The Morgan fingerprint density at radius 2 is 2.42 bits per heavy atom. The van der Waals surface area contributed by atoms with Crippen LogP contribution in [0.1, 0.15) is 11.3 Å². The van der Waals surface area contributed by atoms with Crippen LogP contribution in [0.2, 0.25) is 0 Å². The standard InChI is InChI=1S/C13H18N2O3S/c1-14-13(17)11-9-15(6-7-18-11)12(16)5-4-10-3-2-8-19-10/h2-3,8,11H,4-7,9H2,1H3,(H,14,17). The van der Waals surface area contributed by atoms with Gasteiger partial charge in [-0.25, -0.2) is 0 Å². The highest BCUT2D eigenvalue weighted by Crippen LogP contribution is 2.13. The number of amides is 2. The van der Waals surface area contributed by atoms with Gasteiger partial charge in [0, 0.05) is 24.9 Å². The molecular formula is C13H18N2O3S. The van der Waals surface area contributed by atoms with Crippen LogP contribution in [-0.2, 0) is 20.7 Å². The number of hydrogen-bond donors (Lipinski definition) is 1. The van der Waals surface area contributed by atoms with E-state index < -0.39 is 6.10 Å². The van der Waals surface area contributed by atoms with Gasteiger partial charge >= 0.3 is 0 Å². The Labute approximate surface area is 116 Å². The van der Waals surface area contributed by atoms with Crippen molar-refractivity contribution >= 4 is 23.2 Å². The normalized spacial score (nSPS) is 19.2. The summed E-state index contributed by atoms with van der Waals surface area (Å²) >= 11 is 1.66. The van der Waals surface area contributed by atoms with Crippen molar-refractivity contribution in [1.82, 2.24) is 10.2 Å². The van der Waals surface area contributed by atoms with Gasteiger partial charge in [-0.1, -0.05) is 6.07 Å². The Morgan fingerprint density at radius 1 is 1.58 bits per heavy atom. The summed E-state index contributed by atoms with van der Waals surface area (Å²) < 4.78 is 5.36. The molecule has 5 nitrogen and oxygen atoms in total. The van der Waals surface area contributed by atoms with Crippen molar-refractivity contribution < 1.29 is 14.3 Å². The second kappa shape index (κ2) is 6.68. The molecule has 2 heterocycles. The summed E-state index contributed by atoms with van der Waals surface area (Å²) in [7, 11) is 1.57. The van der Waals surface area contributed by atoms with Gasteiger partial charge in [-0.3, -0.25) is 9.59 Å². The third kappa shape index (κ3) is 3.78. The summed E-state index contributed by atoms with van der Waals surface area (Å²) in [5, 5.41) is 4.56. The average Bonchev–Trinajstić information content (AvgIpc) is 2.97. The lowest BCUT2D eigenvalue weighted by Crippen LogP contribution is -2.51. The second-order valence-electron chi connectivity index (χ2n) is 4.39. The Balaban J connectivity index is 1.83. The van der Waals surface area contributed by atoms with Crippen LogP contribution in [0.5, 0.6) is 0 Å². The molecule has 0 saturated carbocycles. The van der Waals surface area contributed by atoms with Gasteiger partial charge in [0.2, 0.25) is 5.91 Å². The van der Waals surface area contributed by atoms with Crippen molar-refractivity contribution in [1.29, 1.82) is 0 Å². The summed E-state index contributed by atoms with van der Waals surface area (Å²) in [6.07, 6.45) is 0.712. The Hall–Kier alpha value is -1.40. The number of morpholine rings is 1. The van der Waals surface area contributed by atoms with E-state index >= 15 is 0 Å². The van der Waals surface area contributed by atoms with Gasteiger partial charge in [0.05, 0.1) is 13.2 Å². The second-order valence-corrected chi connectivity index (χ2v) is 5.43. The molecule has 1 unspecified atom stereocenters. The molecule has 1 aliphatic heterocycles. The van der Waals surface area contributed by atoms with E-state index in [2.05, 4.69) is 5.32 Å². The lowest BCUT2D eigenvalue weighted by molar-refractivity contribution is -0.146. The summed E-state index contributed by atoms with van der Waals surface area (Å²) in [5.41, 5.74) is 0. The van der Waals surface area contributed by atoms with E-state index in [9.17, 15) is 9.59 Å². The van der Waals surface area contributed by atoms with Gasteiger partial charge in [0.1, 0.15) is 0 Å². The number of aryl methyl sites for hydroxylation is 1. The quantitative estimate of drug-likeness (QED) is 0.882. The fraction of sp³-hybridized carbons (Fsp3) is 0.538. The molecule has 6 heteroatoms. The van der Waals surface area contributed by atoms with Crippen LogP contribution < -0.4 is 5.32 Å². The highest BCUT2D eigenvalue weighted by atomic mass is 32.1. The highest BCUT2D eigenvalue weighted by Gasteiger charge is 2.28. The van der Waals surface area contributed by atoms with Crippen molar-refractivity contribution in [3.8, 4) is 0 Å². The first-order chi connectivity index (χ1) is 9.20. The van der Waals surface area contributed by atoms with Crippen LogP contribution in [0, 0.1) is 0 Å². The van der Waals surface area contributed by atoms with Gasteiger partial charge in [-0.05, 0) is 17.9 Å². The van der Waals surface area contributed by atoms with Gasteiger partial charge in [0.15, 0.2) is 6.10 Å². The van der Waals surface area contributed by atoms with Crippen molar-refractivity contribution in [2.75, 3.05) is 26.7 Å². The molecule has 0 bridgehead atoms. The fourth-order valence-corrected chi connectivity index (χ4v) is 2.75. The smallest absolute Gasteiger partial charge is 0.250 e. The Morgan fingerprint density at radius 3 is 3.11 bits per heavy atom. The van der Waals surface area contributed by atoms with Gasteiger partial charge in [0.25, 0.3) is 5.91 Å². The molecule has 19 heavy (non-hydrogen) atoms. The lowest BCUT2D eigenvalue weighted by Gasteiger charge is -2.32. The highest BCUT2D eigenvalue weighted by molar-refractivity contribution is 7.09. The predicted molar refractivity (Wildman–Crippen MR) is 73.0 cm³/mol. The number of thiophene rings is 1. The lowest BCUT2D eigenvalue weighted by atomic mass is 10.2. The van der Waals surface area contributed by atoms with E-state index in [-0.39, 0.29) is 11.8 Å². The molecule has 104 valence electrons. The Kier molecular flexibility index (Phi) is 4.93. The van der Waals surface area contributed by atoms with Crippen LogP contribution in [-0.4, -0.2) is 49.6 Å². The van der Waals surface area contributed by atoms with Crippen LogP contribution in [0.15, 0.2) is 17.5 Å². The van der Waals surface area contributed by atoms with E-state index in [0.29, 0.717) is 26.1 Å². The molecule has 0 radical (unpaired) electrons. The van der Waals surface area contributed by atoms with E-state index in [1.807, 2.05) is 17.5 Å². The summed E-state index contributed by atoms with van der Waals surface area (Å²) in [5.74, 6) is -0.0821. The third-order valence-corrected chi connectivity index (χ3v) is 4.06. The van der Waals surface area contributed by atoms with Gasteiger partial charge < -0.3 is 15.0 Å². The average molecular weight is 282 g/mol. The van der Waals surface area contributed by atoms with Crippen molar-refractivity contribution in [2.24, 2.45) is 0 Å². The number of likely N-dealkylation sites (N-methyl/N-ethyl adjacent to an activating group) is 1. The minimum Gasteiger partial charge on any atom is -0.365 e. The largest absolute Gasteiger partial charge is 0.365 e. The number of nitrogens with zero attached hydrogens (tertiary/aromatic N) is 1. The number of carbonyl (C=O) groups is 2. The van der Waals surface area contributed by atoms with E-state index in [1.165, 1.54) is 4.88 Å². The fourth-order valence-electron chi connectivity index (χ4n) is 2.04. The van der Waals surface area contributed by atoms with Crippen LogP contribution in [0.25, 0.3) is 0 Å². The van der Waals surface area contributed by atoms with Crippen molar-refractivity contribution in [2.45, 2.75) is 18.9 Å². The monoisotopic (exact) mass is 282 g/mol. The number of rotatable bonds is 4. The molecule has 1 atom stereocenters. The zero-order valence-electron chi connectivity index (χ0n) is 10.9. The molecule has 0 spiro atoms. The topological polar surface area (TPSA) is 58.6 Å². The maximum Gasteiger partial charge on any atom is 0.250 e. The molecule has 0 aliphatic carbocycles. The third-order valence-electron chi connectivity index (χ3n) is 3.12. The molecule has 1 aromatic heterocycles. The molecule has 0 aromatic carbocycles. The van der Waals surface area contributed by atoms with E-state index in [1.54, 1.807) is 23.3 Å². The van der Waals surface area contributed by atoms with Crippen LogP contribution >= 0.6 is 11.3 Å². The molecule has 1 saturated heterocycles. The zero-order chi connectivity index (χ0) is 13.7. The van der Waals surface area contributed by atoms with E-state index in [4.69, 9.17) is 4.74 Å². The number of ether oxygens (including phenoxy) is 1. The Bertz CT molecular complexity index is 433. The van der Waals surface area contributed by atoms with Crippen LogP contribution in [0.3, 0.4) is 0 Å². The first-order valence-corrected chi connectivity index (χ1v) is 7.22. The molecule has 1 aliphatic rings. The summed E-state index contributed by atoms with van der Waals surface area (Å²) in [6, 6.07) is 4.02. The predicted octanol–water partition coefficient (Wildman–Crippen LogP) is 0.654. The number of carbonyl (C=O) groups excluding carboxylic acids is 2. The minimum atomic E-state index is -0.538. The van der Waals surface area contributed by atoms with Gasteiger partial charge in [-0.2, -0.15) is 0 Å². The zero-order valence-corrected chi connectivity index (χ0v) is 11.7. The van der Waals surface area contributed by atoms with Crippen LogP contribution in [0.4, 0.5) is 0 Å². The first-order valence-electron chi connectivity index (χ1n) is 6.34. The number of nitrogens with one attached hydrogen (secondary N) is 1.